The Morgan fingerprint density at radius 1 is 0.636 bits per heavy atom. The number of aliphatic imine (C=N–C) groups is 4. The predicted octanol–water partition coefficient (Wildman–Crippen LogP) is 4.71. The fourth-order valence-electron chi connectivity index (χ4n) is 4.02. The molecule has 1 aromatic rings. The van der Waals surface area contributed by atoms with Crippen molar-refractivity contribution in [3.8, 4) is 0 Å². The molecule has 0 saturated heterocycles. The minimum absolute atomic E-state index is 0.0504. The van der Waals surface area contributed by atoms with Crippen LogP contribution in [-0.2, 0) is 0 Å². The van der Waals surface area contributed by atoms with Crippen molar-refractivity contribution in [2.75, 3.05) is 0 Å². The van der Waals surface area contributed by atoms with Gasteiger partial charge >= 0.3 is 5.70 Å². The molecule has 0 aliphatic carbocycles. The molecule has 0 fully saturated rings. The lowest BCUT2D eigenvalue weighted by molar-refractivity contribution is -0.419. The third-order valence-corrected chi connectivity index (χ3v) is 5.43. The molecule has 0 spiro atoms. The van der Waals surface area contributed by atoms with Crippen LogP contribution < -0.4 is 0 Å². The van der Waals surface area contributed by atoms with Gasteiger partial charge in [-0.1, -0.05) is 30.3 Å². The SMILES string of the molecule is O=[N+]([O-])C1=C(c2ccccc2)C2=NC1=CC1=NC(=CC3=NC(=CC4=NC(=C2)C=C4)C=C3)C=C1. The lowest BCUT2D eigenvalue weighted by Gasteiger charge is -2.03. The lowest BCUT2D eigenvalue weighted by Crippen LogP contribution is -2.05. The molecular formula is C26H15N5O2. The molecule has 33 heavy (non-hydrogen) atoms. The molecule has 0 atom stereocenters. The zero-order valence-electron chi connectivity index (χ0n) is 17.2. The summed E-state index contributed by atoms with van der Waals surface area (Å²) in [5, 5.41) is 12.2. The molecule has 1 aromatic carbocycles. The second kappa shape index (κ2) is 7.42. The standard InChI is InChI=1S/C26H15N5O2/c32-31(33)26-24-15-22-11-9-20(29-22)13-18-7-6-17(27-18)12-19-8-10-21(28-19)14-23(30-24)25(26)16-4-2-1-3-5-16/h1-15H. The van der Waals surface area contributed by atoms with Crippen LogP contribution in [0.15, 0.2) is 140 Å². The Bertz CT molecular complexity index is 1500. The van der Waals surface area contributed by atoms with Gasteiger partial charge in [0.1, 0.15) is 5.70 Å². The molecule has 0 unspecified atom stereocenters. The zero-order valence-corrected chi connectivity index (χ0v) is 17.2. The second-order valence-corrected chi connectivity index (χ2v) is 7.69. The van der Waals surface area contributed by atoms with Crippen LogP contribution in [0.5, 0.6) is 0 Å². The minimum Gasteiger partial charge on any atom is -0.258 e. The highest BCUT2D eigenvalue weighted by Gasteiger charge is 2.34. The zero-order chi connectivity index (χ0) is 22.4. The van der Waals surface area contributed by atoms with Gasteiger partial charge in [-0.25, -0.2) is 20.0 Å². The van der Waals surface area contributed by atoms with Crippen molar-refractivity contribution in [3.05, 3.63) is 135 Å². The van der Waals surface area contributed by atoms with Gasteiger partial charge in [-0.15, -0.1) is 0 Å². The molecule has 0 radical (unpaired) electrons. The molecule has 8 bridgehead atoms. The molecule has 0 aromatic heterocycles. The molecule has 7 nitrogen and oxygen atoms in total. The summed E-state index contributed by atoms with van der Waals surface area (Å²) in [5.41, 5.74) is 6.18. The number of rotatable bonds is 2. The Kier molecular flexibility index (Phi) is 4.26. The molecule has 5 heterocycles. The number of benzene rings is 1. The largest absolute Gasteiger partial charge is 0.304 e. The van der Waals surface area contributed by atoms with E-state index in [0.717, 1.165) is 28.4 Å². The molecule has 5 aliphatic heterocycles. The summed E-state index contributed by atoms with van der Waals surface area (Å²) in [5.74, 6) is 0. The van der Waals surface area contributed by atoms with Crippen molar-refractivity contribution in [1.82, 2.24) is 0 Å². The van der Waals surface area contributed by atoms with Crippen LogP contribution in [0.2, 0.25) is 0 Å². The first kappa shape index (κ1) is 18.9. The van der Waals surface area contributed by atoms with Gasteiger partial charge in [0.15, 0.2) is 0 Å². The van der Waals surface area contributed by atoms with Crippen molar-refractivity contribution in [2.45, 2.75) is 0 Å². The van der Waals surface area contributed by atoms with Gasteiger partial charge < -0.3 is 0 Å². The molecule has 0 saturated carbocycles. The van der Waals surface area contributed by atoms with Crippen LogP contribution >= 0.6 is 0 Å². The smallest absolute Gasteiger partial charge is 0.258 e. The number of nitro groups is 1. The normalized spacial score (nSPS) is 20.1. The Balaban J connectivity index is 1.59. The first-order valence-corrected chi connectivity index (χ1v) is 10.3. The number of hydrogen-bond acceptors (Lipinski definition) is 6. The minimum atomic E-state index is -0.380. The molecule has 156 valence electrons. The van der Waals surface area contributed by atoms with Crippen molar-refractivity contribution < 1.29 is 4.92 Å². The Morgan fingerprint density at radius 2 is 1.18 bits per heavy atom. The summed E-state index contributed by atoms with van der Waals surface area (Å²) < 4.78 is 0. The van der Waals surface area contributed by atoms with E-state index in [0.29, 0.717) is 22.7 Å². The quantitative estimate of drug-likeness (QED) is 0.503. The number of allylic oxidation sites excluding steroid dienone is 11. The van der Waals surface area contributed by atoms with Crippen LogP contribution in [0.1, 0.15) is 5.56 Å². The second-order valence-electron chi connectivity index (χ2n) is 7.69. The van der Waals surface area contributed by atoms with Gasteiger partial charge in [-0.05, 0) is 66.3 Å². The molecular weight excluding hydrogens is 414 g/mol. The summed E-state index contributed by atoms with van der Waals surface area (Å²) in [7, 11) is 0. The van der Waals surface area contributed by atoms with Crippen LogP contribution in [0.3, 0.4) is 0 Å². The van der Waals surface area contributed by atoms with E-state index in [4.69, 9.17) is 0 Å². The van der Waals surface area contributed by atoms with Crippen LogP contribution in [0.25, 0.3) is 5.57 Å². The number of nitrogens with zero attached hydrogens (tertiary/aromatic N) is 5. The third-order valence-electron chi connectivity index (χ3n) is 5.43. The number of fused-ring (bicyclic) bond motifs is 4. The summed E-state index contributed by atoms with van der Waals surface area (Å²) in [6.45, 7) is 0. The Labute approximate surface area is 188 Å². The highest BCUT2D eigenvalue weighted by molar-refractivity contribution is 6.33. The van der Waals surface area contributed by atoms with E-state index >= 15 is 0 Å². The first-order valence-electron chi connectivity index (χ1n) is 10.3. The van der Waals surface area contributed by atoms with E-state index in [-0.39, 0.29) is 16.3 Å². The van der Waals surface area contributed by atoms with Gasteiger partial charge in [0.05, 0.1) is 50.4 Å². The van der Waals surface area contributed by atoms with Crippen molar-refractivity contribution in [2.24, 2.45) is 20.0 Å². The molecule has 0 amide bonds. The first-order chi connectivity index (χ1) is 16.1. The summed E-state index contributed by atoms with van der Waals surface area (Å²) in [4.78, 5) is 30.3. The summed E-state index contributed by atoms with van der Waals surface area (Å²) in [6, 6.07) is 9.27. The average Bonchev–Trinajstić information content (AvgIpc) is 3.58. The van der Waals surface area contributed by atoms with E-state index in [1.165, 1.54) is 0 Å². The van der Waals surface area contributed by atoms with E-state index in [2.05, 4.69) is 20.0 Å². The van der Waals surface area contributed by atoms with Crippen LogP contribution in [0.4, 0.5) is 0 Å². The van der Waals surface area contributed by atoms with Crippen molar-refractivity contribution >= 4 is 28.4 Å². The Hall–Kier alpha value is -4.78. The molecule has 7 heteroatoms. The van der Waals surface area contributed by atoms with Gasteiger partial charge in [0.2, 0.25) is 0 Å². The van der Waals surface area contributed by atoms with E-state index in [1.54, 1.807) is 12.2 Å². The summed E-state index contributed by atoms with van der Waals surface area (Å²) >= 11 is 0. The highest BCUT2D eigenvalue weighted by Crippen LogP contribution is 2.35. The van der Waals surface area contributed by atoms with Crippen LogP contribution in [-0.4, -0.2) is 27.8 Å². The average molecular weight is 429 g/mol. The lowest BCUT2D eigenvalue weighted by atomic mass is 9.99. The maximum Gasteiger partial charge on any atom is 0.304 e. The van der Waals surface area contributed by atoms with Crippen molar-refractivity contribution in [3.63, 3.8) is 0 Å². The number of hydrogen-bond donors (Lipinski definition) is 0. The summed E-state index contributed by atoms with van der Waals surface area (Å²) in [6.07, 6.45) is 18.4. The van der Waals surface area contributed by atoms with Gasteiger partial charge in [-0.2, -0.15) is 0 Å². The maximum atomic E-state index is 12.2. The molecule has 5 aliphatic rings. The van der Waals surface area contributed by atoms with Crippen LogP contribution in [0, 0.1) is 10.1 Å². The Morgan fingerprint density at radius 3 is 1.76 bits per heavy atom. The van der Waals surface area contributed by atoms with Gasteiger partial charge in [0, 0.05) is 0 Å². The molecule has 0 N–H and O–H groups in total. The van der Waals surface area contributed by atoms with E-state index in [9.17, 15) is 10.1 Å². The van der Waals surface area contributed by atoms with Gasteiger partial charge in [0.25, 0.3) is 0 Å². The predicted molar refractivity (Wildman–Crippen MR) is 130 cm³/mol. The van der Waals surface area contributed by atoms with E-state index in [1.807, 2.05) is 78.9 Å². The highest BCUT2D eigenvalue weighted by atomic mass is 16.6. The van der Waals surface area contributed by atoms with Gasteiger partial charge in [-0.3, -0.25) is 10.1 Å². The monoisotopic (exact) mass is 429 g/mol. The third kappa shape index (κ3) is 3.51. The fraction of sp³-hybridized carbons (Fsp3) is 0. The topological polar surface area (TPSA) is 92.6 Å². The molecule has 6 rings (SSSR count). The van der Waals surface area contributed by atoms with E-state index < -0.39 is 0 Å². The van der Waals surface area contributed by atoms with Crippen molar-refractivity contribution in [1.29, 1.82) is 0 Å². The fourth-order valence-corrected chi connectivity index (χ4v) is 4.02. The maximum absolute atomic E-state index is 12.2.